The monoisotopic (exact) mass is 378 g/mol. The summed E-state index contributed by atoms with van der Waals surface area (Å²) in [5.74, 6) is -1.34. The van der Waals surface area contributed by atoms with Gasteiger partial charge in [0, 0.05) is 22.2 Å². The molecule has 0 aromatic heterocycles. The molecular formula is C16H8Cl2N2O5. The highest BCUT2D eigenvalue weighted by Crippen LogP contribution is 2.33. The smallest absolute Gasteiger partial charge is 0.368 e. The fourth-order valence-corrected chi connectivity index (χ4v) is 2.75. The number of rotatable bonds is 3. The van der Waals surface area contributed by atoms with E-state index in [9.17, 15) is 20.0 Å². The van der Waals surface area contributed by atoms with E-state index in [2.05, 4.69) is 9.99 Å². The first-order valence-electron chi connectivity index (χ1n) is 6.81. The maximum absolute atomic E-state index is 12.0. The topological polar surface area (TPSA) is 102 Å². The Hall–Kier alpha value is -2.90. The van der Waals surface area contributed by atoms with Crippen molar-refractivity contribution in [3.63, 3.8) is 0 Å². The SMILES string of the molecule is O=C1ON=C(c2ccc(Cl)cc2Cl)/C1=C/c1cccc([N+](=O)[O-])c1O. The molecule has 0 spiro atoms. The van der Waals surface area contributed by atoms with Gasteiger partial charge in [0.2, 0.25) is 5.75 Å². The molecule has 1 aliphatic heterocycles. The molecule has 0 saturated carbocycles. The normalized spacial score (nSPS) is 15.2. The van der Waals surface area contributed by atoms with Gasteiger partial charge in [0.15, 0.2) is 0 Å². The van der Waals surface area contributed by atoms with Gasteiger partial charge >= 0.3 is 11.7 Å². The van der Waals surface area contributed by atoms with Gasteiger partial charge in [0.1, 0.15) is 5.71 Å². The molecule has 2 aromatic carbocycles. The van der Waals surface area contributed by atoms with Crippen LogP contribution >= 0.6 is 23.2 Å². The average molecular weight is 379 g/mol. The van der Waals surface area contributed by atoms with Crippen LogP contribution in [-0.4, -0.2) is 21.7 Å². The highest BCUT2D eigenvalue weighted by atomic mass is 35.5. The molecule has 25 heavy (non-hydrogen) atoms. The van der Waals surface area contributed by atoms with Gasteiger partial charge < -0.3 is 9.94 Å². The van der Waals surface area contributed by atoms with Crippen molar-refractivity contribution in [1.29, 1.82) is 0 Å². The minimum absolute atomic E-state index is 0.0000189. The molecule has 1 N–H and O–H groups in total. The molecule has 0 atom stereocenters. The number of nitro groups is 1. The van der Waals surface area contributed by atoms with E-state index in [0.29, 0.717) is 10.6 Å². The summed E-state index contributed by atoms with van der Waals surface area (Å²) >= 11 is 12.0. The number of aromatic hydroxyl groups is 1. The number of nitro benzene ring substituents is 1. The van der Waals surface area contributed by atoms with Crippen molar-refractivity contribution < 1.29 is 19.7 Å². The highest BCUT2D eigenvalue weighted by Gasteiger charge is 2.29. The second-order valence-corrected chi connectivity index (χ2v) is 5.82. The minimum Gasteiger partial charge on any atom is -0.502 e. The van der Waals surface area contributed by atoms with Gasteiger partial charge in [-0.15, -0.1) is 0 Å². The Balaban J connectivity index is 2.10. The maximum Gasteiger partial charge on any atom is 0.368 e. The molecule has 0 radical (unpaired) electrons. The summed E-state index contributed by atoms with van der Waals surface area (Å²) in [6, 6.07) is 8.56. The van der Waals surface area contributed by atoms with Crippen LogP contribution in [0.15, 0.2) is 47.1 Å². The van der Waals surface area contributed by atoms with E-state index in [1.54, 1.807) is 12.1 Å². The van der Waals surface area contributed by atoms with Crippen molar-refractivity contribution in [2.24, 2.45) is 5.16 Å². The summed E-state index contributed by atoms with van der Waals surface area (Å²) in [4.78, 5) is 26.9. The van der Waals surface area contributed by atoms with Crippen LogP contribution in [0.1, 0.15) is 11.1 Å². The van der Waals surface area contributed by atoms with E-state index in [1.807, 2.05) is 0 Å². The van der Waals surface area contributed by atoms with Crippen LogP contribution < -0.4 is 0 Å². The van der Waals surface area contributed by atoms with Gasteiger partial charge in [0.05, 0.1) is 15.5 Å². The third-order valence-corrected chi connectivity index (χ3v) is 3.97. The molecule has 1 heterocycles. The van der Waals surface area contributed by atoms with Crippen LogP contribution in [0.5, 0.6) is 5.75 Å². The number of nitrogens with zero attached hydrogens (tertiary/aromatic N) is 2. The molecule has 0 fully saturated rings. The zero-order chi connectivity index (χ0) is 18.1. The van der Waals surface area contributed by atoms with Crippen LogP contribution in [0.25, 0.3) is 6.08 Å². The largest absolute Gasteiger partial charge is 0.502 e. The van der Waals surface area contributed by atoms with E-state index in [4.69, 9.17) is 23.2 Å². The number of phenols is 1. The molecular weight excluding hydrogens is 371 g/mol. The number of oxime groups is 1. The Morgan fingerprint density at radius 3 is 2.68 bits per heavy atom. The summed E-state index contributed by atoms with van der Waals surface area (Å²) in [7, 11) is 0. The Morgan fingerprint density at radius 1 is 1.24 bits per heavy atom. The molecule has 0 aliphatic carbocycles. The van der Waals surface area contributed by atoms with Crippen molar-refractivity contribution in [3.8, 4) is 5.75 Å². The second-order valence-electron chi connectivity index (χ2n) is 4.97. The van der Waals surface area contributed by atoms with Crippen LogP contribution in [-0.2, 0) is 9.63 Å². The number of phenolic OH excluding ortho intramolecular Hbond substituents is 1. The quantitative estimate of drug-likeness (QED) is 0.377. The number of halogens is 2. The minimum atomic E-state index is -0.771. The van der Waals surface area contributed by atoms with Crippen molar-refractivity contribution >= 4 is 46.6 Å². The molecule has 1 aliphatic rings. The predicted octanol–water partition coefficient (Wildman–Crippen LogP) is 3.95. The summed E-state index contributed by atoms with van der Waals surface area (Å²) in [5.41, 5.74) is 0.121. The van der Waals surface area contributed by atoms with Crippen molar-refractivity contribution in [2.45, 2.75) is 0 Å². The van der Waals surface area contributed by atoms with Crippen LogP contribution in [0, 0.1) is 10.1 Å². The third-order valence-electron chi connectivity index (χ3n) is 3.42. The lowest BCUT2D eigenvalue weighted by Gasteiger charge is -2.05. The van der Waals surface area contributed by atoms with Gasteiger partial charge in [-0.1, -0.05) is 40.5 Å². The molecule has 7 nitrogen and oxygen atoms in total. The van der Waals surface area contributed by atoms with Crippen molar-refractivity contribution in [3.05, 3.63) is 73.3 Å². The van der Waals surface area contributed by atoms with Crippen LogP contribution in [0.2, 0.25) is 10.0 Å². The molecule has 0 unspecified atom stereocenters. The Kier molecular flexibility index (Phi) is 4.43. The first kappa shape index (κ1) is 16.9. The van der Waals surface area contributed by atoms with Gasteiger partial charge in [-0.25, -0.2) is 4.79 Å². The second kappa shape index (κ2) is 6.54. The van der Waals surface area contributed by atoms with E-state index < -0.39 is 22.3 Å². The number of hydrogen-bond donors (Lipinski definition) is 1. The third kappa shape index (κ3) is 3.19. The molecule has 126 valence electrons. The fourth-order valence-electron chi connectivity index (χ4n) is 2.25. The van der Waals surface area contributed by atoms with E-state index >= 15 is 0 Å². The Morgan fingerprint density at radius 2 is 2.00 bits per heavy atom. The summed E-state index contributed by atoms with van der Waals surface area (Å²) in [6.07, 6.45) is 1.25. The van der Waals surface area contributed by atoms with Crippen LogP contribution in [0.3, 0.4) is 0 Å². The average Bonchev–Trinajstić information content (AvgIpc) is 2.90. The Bertz CT molecular complexity index is 969. The molecule has 2 aromatic rings. The fraction of sp³-hybridized carbons (Fsp3) is 0. The van der Waals surface area contributed by atoms with E-state index in [1.165, 1.54) is 24.3 Å². The van der Waals surface area contributed by atoms with Crippen LogP contribution in [0.4, 0.5) is 5.69 Å². The van der Waals surface area contributed by atoms with E-state index in [-0.39, 0.29) is 21.9 Å². The first-order valence-corrected chi connectivity index (χ1v) is 7.57. The van der Waals surface area contributed by atoms with Gasteiger partial charge in [-0.3, -0.25) is 10.1 Å². The lowest BCUT2D eigenvalue weighted by Crippen LogP contribution is -2.07. The summed E-state index contributed by atoms with van der Waals surface area (Å²) < 4.78 is 0. The molecule has 9 heteroatoms. The molecule has 0 amide bonds. The van der Waals surface area contributed by atoms with Gasteiger partial charge in [0.25, 0.3) is 0 Å². The summed E-state index contributed by atoms with van der Waals surface area (Å²) in [6.45, 7) is 0. The lowest BCUT2D eigenvalue weighted by molar-refractivity contribution is -0.385. The number of carbonyl (C=O) groups is 1. The van der Waals surface area contributed by atoms with E-state index in [0.717, 1.165) is 6.07 Å². The molecule has 0 saturated heterocycles. The van der Waals surface area contributed by atoms with Crippen molar-refractivity contribution in [1.82, 2.24) is 0 Å². The lowest BCUT2D eigenvalue weighted by atomic mass is 10.00. The zero-order valence-corrected chi connectivity index (χ0v) is 13.8. The zero-order valence-electron chi connectivity index (χ0n) is 12.3. The number of benzene rings is 2. The number of hydrogen-bond acceptors (Lipinski definition) is 6. The standard InChI is InChI=1S/C16H8Cl2N2O5/c17-9-4-5-10(12(18)7-9)14-11(16(22)25-19-14)6-8-2-1-3-13(15(8)21)20(23)24/h1-7,21H/b11-6-. The summed E-state index contributed by atoms with van der Waals surface area (Å²) in [5, 5.41) is 25.3. The van der Waals surface area contributed by atoms with Gasteiger partial charge in [-0.2, -0.15) is 0 Å². The first-order chi connectivity index (χ1) is 11.9. The number of para-hydroxylation sites is 1. The molecule has 0 bridgehead atoms. The van der Waals surface area contributed by atoms with Crippen molar-refractivity contribution in [2.75, 3.05) is 0 Å². The maximum atomic E-state index is 12.0. The Labute approximate surface area is 150 Å². The highest BCUT2D eigenvalue weighted by molar-refractivity contribution is 6.40. The van der Waals surface area contributed by atoms with Gasteiger partial charge in [-0.05, 0) is 24.3 Å². The molecule has 3 rings (SSSR count). The predicted molar refractivity (Wildman–Crippen MR) is 91.8 cm³/mol. The number of carbonyl (C=O) groups excluding carboxylic acids is 1.